The molecule has 0 spiro atoms. The second-order valence-corrected chi connectivity index (χ2v) is 12.1. The molecule has 4 rings (SSSR count). The minimum atomic E-state index is -1.36. The van der Waals surface area contributed by atoms with Gasteiger partial charge in [-0.1, -0.05) is 24.3 Å². The van der Waals surface area contributed by atoms with E-state index in [-0.39, 0.29) is 12.3 Å². The second-order valence-electron chi connectivity index (χ2n) is 8.36. The molecule has 1 fully saturated rings. The van der Waals surface area contributed by atoms with E-state index in [0.29, 0.717) is 5.76 Å². The van der Waals surface area contributed by atoms with Crippen LogP contribution in [0.15, 0.2) is 54.4 Å². The van der Waals surface area contributed by atoms with Crippen molar-refractivity contribution in [1.82, 2.24) is 15.8 Å². The maximum Gasteiger partial charge on any atom is 0.225 e. The Labute approximate surface area is 209 Å². The van der Waals surface area contributed by atoms with Crippen molar-refractivity contribution in [2.75, 3.05) is 1.33 Å². The molecular formula is C22H23FI2N4O2. The average Bonchev–Trinajstić information content (AvgIpc) is 3.43. The van der Waals surface area contributed by atoms with E-state index in [2.05, 4.69) is 61.5 Å². The topological polar surface area (TPSA) is 66.5 Å². The van der Waals surface area contributed by atoms with Crippen molar-refractivity contribution in [3.05, 3.63) is 60.0 Å². The maximum atomic E-state index is 14.5. The van der Waals surface area contributed by atoms with Crippen LogP contribution in [-0.2, 0) is 16.1 Å². The van der Waals surface area contributed by atoms with Crippen molar-refractivity contribution >= 4 is 57.5 Å². The fourth-order valence-corrected chi connectivity index (χ4v) is 4.39. The first-order valence-electron chi connectivity index (χ1n) is 9.98. The van der Waals surface area contributed by atoms with Gasteiger partial charge in [-0.15, -0.1) is 5.48 Å². The van der Waals surface area contributed by atoms with Crippen LogP contribution >= 0.6 is 45.7 Å². The van der Waals surface area contributed by atoms with Crippen LogP contribution < -0.4 is 12.1 Å². The van der Waals surface area contributed by atoms with Gasteiger partial charge in [-0.2, -0.15) is 0 Å². The lowest BCUT2D eigenvalue weighted by Gasteiger charge is -2.26. The number of nitrogens with zero attached hydrogens (tertiary/aromatic N) is 2. The highest BCUT2D eigenvalue weighted by atomic mass is 127. The number of carbonyl (C=O) groups excluding carboxylic acids is 1. The van der Waals surface area contributed by atoms with Crippen molar-refractivity contribution in [2.45, 2.75) is 44.9 Å². The molecule has 6 nitrogen and oxygen atoms in total. The summed E-state index contributed by atoms with van der Waals surface area (Å²) in [6.45, 7) is 3.15. The average molecular weight is 648 g/mol. The van der Waals surface area contributed by atoms with Gasteiger partial charge in [0.25, 0.3) is 0 Å². The molecule has 1 saturated carbocycles. The van der Waals surface area contributed by atoms with Gasteiger partial charge in [-0.25, -0.2) is 10.7 Å². The standard InChI is InChI=1S/C22H23FI2N4O2/c1-21(2,23)22(9-10-22)17-12-18(28-31-17)27-20(30)11-14-3-5-15(6-4-14)16-7-8-19(26-13-16)29(24)25/h3-8,12-13,18,28H,9-11H2,1-2H3,(H,27,30). The summed E-state index contributed by atoms with van der Waals surface area (Å²) in [4.78, 5) is 22.4. The SMILES string of the molecule is CC(C)(F)C1(C2=CC(NC(=O)Cc3ccc(-c4ccc(N(I)I)nc4)cc3)NO2)CC1. The van der Waals surface area contributed by atoms with E-state index in [4.69, 9.17) is 4.84 Å². The number of hydroxylamine groups is 1. The molecule has 1 aromatic heterocycles. The number of allylic oxidation sites excluding steroid dienone is 1. The van der Waals surface area contributed by atoms with Crippen molar-refractivity contribution in [3.63, 3.8) is 0 Å². The van der Waals surface area contributed by atoms with Crippen LogP contribution in [0.25, 0.3) is 11.1 Å². The van der Waals surface area contributed by atoms with Crippen LogP contribution in [0.3, 0.4) is 0 Å². The zero-order valence-corrected chi connectivity index (χ0v) is 21.5. The largest absolute Gasteiger partial charge is 0.410 e. The van der Waals surface area contributed by atoms with Crippen LogP contribution in [0, 0.1) is 5.41 Å². The van der Waals surface area contributed by atoms with Gasteiger partial charge in [0.1, 0.15) is 23.4 Å². The first-order valence-corrected chi connectivity index (χ1v) is 11.9. The third-order valence-corrected chi connectivity index (χ3v) is 6.85. The quantitative estimate of drug-likeness (QED) is 0.320. The van der Waals surface area contributed by atoms with E-state index >= 15 is 0 Å². The first-order chi connectivity index (χ1) is 14.7. The number of benzene rings is 1. The Kier molecular flexibility index (Phi) is 6.46. The van der Waals surface area contributed by atoms with E-state index in [9.17, 15) is 9.18 Å². The van der Waals surface area contributed by atoms with Gasteiger partial charge in [-0.3, -0.25) is 4.79 Å². The molecular weight excluding hydrogens is 625 g/mol. The number of carbonyl (C=O) groups is 1. The van der Waals surface area contributed by atoms with Crippen molar-refractivity contribution in [1.29, 1.82) is 0 Å². The molecule has 1 aliphatic carbocycles. The maximum absolute atomic E-state index is 14.5. The zero-order valence-electron chi connectivity index (χ0n) is 17.2. The van der Waals surface area contributed by atoms with Crippen LogP contribution in [0.1, 0.15) is 32.3 Å². The lowest BCUT2D eigenvalue weighted by atomic mass is 9.87. The Balaban J connectivity index is 1.34. The molecule has 164 valence electrons. The lowest BCUT2D eigenvalue weighted by molar-refractivity contribution is -0.121. The fraction of sp³-hybridized carbons (Fsp3) is 0.364. The van der Waals surface area contributed by atoms with Gasteiger partial charge in [0.15, 0.2) is 0 Å². The smallest absolute Gasteiger partial charge is 0.225 e. The summed E-state index contributed by atoms with van der Waals surface area (Å²) in [5.74, 6) is 1.33. The van der Waals surface area contributed by atoms with Crippen LogP contribution in [0.2, 0.25) is 0 Å². The number of amides is 1. The highest BCUT2D eigenvalue weighted by molar-refractivity contribution is 14.2. The molecule has 0 saturated heterocycles. The van der Waals surface area contributed by atoms with Gasteiger partial charge < -0.3 is 10.2 Å². The number of alkyl halides is 1. The number of halogens is 3. The Morgan fingerprint density at radius 3 is 2.48 bits per heavy atom. The molecule has 2 N–H and O–H groups in total. The summed E-state index contributed by atoms with van der Waals surface area (Å²) in [5.41, 5.74) is 3.81. The van der Waals surface area contributed by atoms with E-state index < -0.39 is 17.2 Å². The molecule has 31 heavy (non-hydrogen) atoms. The minimum Gasteiger partial charge on any atom is -0.410 e. The van der Waals surface area contributed by atoms with Crippen molar-refractivity contribution in [2.24, 2.45) is 5.41 Å². The monoisotopic (exact) mass is 648 g/mol. The van der Waals surface area contributed by atoms with Gasteiger partial charge in [-0.05, 0) is 56.0 Å². The summed E-state index contributed by atoms with van der Waals surface area (Å²) in [6, 6.07) is 11.8. The highest BCUT2D eigenvalue weighted by Gasteiger charge is 2.60. The molecule has 1 atom stereocenters. The number of hydrogen-bond acceptors (Lipinski definition) is 5. The summed E-state index contributed by atoms with van der Waals surface area (Å²) < 4.78 is 16.4. The Morgan fingerprint density at radius 2 is 1.94 bits per heavy atom. The molecule has 2 heterocycles. The van der Waals surface area contributed by atoms with Gasteiger partial charge in [0.05, 0.1) is 57.6 Å². The second kappa shape index (κ2) is 8.81. The Morgan fingerprint density at radius 1 is 1.26 bits per heavy atom. The Bertz CT molecular complexity index is 984. The summed E-state index contributed by atoms with van der Waals surface area (Å²) >= 11 is 4.33. The van der Waals surface area contributed by atoms with Gasteiger partial charge in [0.2, 0.25) is 5.91 Å². The van der Waals surface area contributed by atoms with E-state index in [1.807, 2.05) is 43.9 Å². The number of pyridine rings is 1. The van der Waals surface area contributed by atoms with Gasteiger partial charge in [0, 0.05) is 11.8 Å². The van der Waals surface area contributed by atoms with E-state index in [1.165, 1.54) is 0 Å². The van der Waals surface area contributed by atoms with Crippen LogP contribution in [0.5, 0.6) is 0 Å². The molecule has 2 aromatic rings. The number of anilines is 1. The van der Waals surface area contributed by atoms with Gasteiger partial charge >= 0.3 is 0 Å². The third-order valence-electron chi connectivity index (χ3n) is 5.86. The number of nitrogens with one attached hydrogen (secondary N) is 2. The van der Waals surface area contributed by atoms with Crippen LogP contribution in [-0.4, -0.2) is 22.7 Å². The normalized spacial score (nSPS) is 19.4. The summed E-state index contributed by atoms with van der Waals surface area (Å²) in [6.07, 6.45) is 4.91. The van der Waals surface area contributed by atoms with E-state index in [0.717, 1.165) is 35.3 Å². The molecule has 1 unspecified atom stereocenters. The molecule has 0 radical (unpaired) electrons. The lowest BCUT2D eigenvalue weighted by Crippen LogP contribution is -2.41. The highest BCUT2D eigenvalue weighted by Crippen LogP contribution is 2.61. The summed E-state index contributed by atoms with van der Waals surface area (Å²) in [5, 5.41) is 2.88. The molecule has 1 aromatic carbocycles. The molecule has 0 bridgehead atoms. The van der Waals surface area contributed by atoms with E-state index in [1.54, 1.807) is 19.9 Å². The first kappa shape index (κ1) is 22.7. The van der Waals surface area contributed by atoms with Crippen molar-refractivity contribution < 1.29 is 14.0 Å². The molecule has 9 heteroatoms. The minimum absolute atomic E-state index is 0.133. The molecule has 2 aliphatic rings. The number of aromatic nitrogens is 1. The predicted molar refractivity (Wildman–Crippen MR) is 135 cm³/mol. The number of hydrogen-bond donors (Lipinski definition) is 2. The Hall–Kier alpha value is -1.47. The van der Waals surface area contributed by atoms with Crippen molar-refractivity contribution in [3.8, 4) is 11.1 Å². The zero-order chi connectivity index (χ0) is 22.2. The molecule has 1 amide bonds. The fourth-order valence-electron chi connectivity index (χ4n) is 3.82. The van der Waals surface area contributed by atoms with Crippen LogP contribution in [0.4, 0.5) is 10.2 Å². The third kappa shape index (κ3) is 4.98. The summed E-state index contributed by atoms with van der Waals surface area (Å²) in [7, 11) is 0. The molecule has 1 aliphatic heterocycles. The predicted octanol–water partition coefficient (Wildman–Crippen LogP) is 5.19. The number of rotatable bonds is 7.